The van der Waals surface area contributed by atoms with Crippen LogP contribution in [0.15, 0.2) is 53.6 Å². The van der Waals surface area contributed by atoms with Gasteiger partial charge in [-0.1, -0.05) is 18.2 Å². The summed E-state index contributed by atoms with van der Waals surface area (Å²) < 4.78 is 41.1. The molecule has 1 amide bonds. The molecule has 0 saturated heterocycles. The maximum atomic E-state index is 13.5. The molecule has 31 heavy (non-hydrogen) atoms. The lowest BCUT2D eigenvalue weighted by atomic mass is 10.1. The summed E-state index contributed by atoms with van der Waals surface area (Å²) in [4.78, 5) is 33.6. The number of nitrogens with zero attached hydrogens (tertiary/aromatic N) is 5. The van der Waals surface area contributed by atoms with Crippen LogP contribution in [0.5, 0.6) is 0 Å². The van der Waals surface area contributed by atoms with Crippen molar-refractivity contribution in [2.75, 3.05) is 11.9 Å². The third kappa shape index (κ3) is 3.37. The van der Waals surface area contributed by atoms with Crippen LogP contribution in [0, 0.1) is 0 Å². The largest absolute Gasteiger partial charge is 0.465 e. The van der Waals surface area contributed by atoms with Crippen molar-refractivity contribution in [3.8, 4) is 17.1 Å². The molecule has 0 aliphatic heterocycles. The van der Waals surface area contributed by atoms with Crippen LogP contribution in [0.2, 0.25) is 0 Å². The van der Waals surface area contributed by atoms with Gasteiger partial charge in [0.05, 0.1) is 11.4 Å². The van der Waals surface area contributed by atoms with Crippen LogP contribution in [0.1, 0.15) is 5.69 Å². The van der Waals surface area contributed by atoms with Gasteiger partial charge < -0.3 is 5.11 Å². The fourth-order valence-electron chi connectivity index (χ4n) is 3.21. The number of H-pyrrole nitrogens is 1. The molecule has 0 aliphatic carbocycles. The molecular weight excluding hydrogens is 417 g/mol. The Morgan fingerprint density at radius 3 is 2.45 bits per heavy atom. The van der Waals surface area contributed by atoms with Crippen LogP contribution >= 0.6 is 0 Å². The smallest absolute Gasteiger partial charge is 0.433 e. The Morgan fingerprint density at radius 1 is 1.16 bits per heavy atom. The molecule has 0 atom stereocenters. The number of halogens is 3. The average molecular weight is 430 g/mol. The fraction of sp³-hybridized carbons (Fsp3) is 0.105. The predicted molar refractivity (Wildman–Crippen MR) is 104 cm³/mol. The van der Waals surface area contributed by atoms with E-state index < -0.39 is 23.5 Å². The molecule has 0 spiro atoms. The molecule has 4 aromatic rings. The highest BCUT2D eigenvalue weighted by Gasteiger charge is 2.34. The van der Waals surface area contributed by atoms with Gasteiger partial charge in [0.2, 0.25) is 0 Å². The van der Waals surface area contributed by atoms with Crippen molar-refractivity contribution >= 4 is 22.8 Å². The van der Waals surface area contributed by atoms with Gasteiger partial charge in [-0.2, -0.15) is 18.3 Å². The molecule has 158 valence electrons. The van der Waals surface area contributed by atoms with E-state index in [9.17, 15) is 27.9 Å². The van der Waals surface area contributed by atoms with Gasteiger partial charge in [0.1, 0.15) is 23.2 Å². The number of nitrogens with one attached hydrogen (secondary N) is 1. The van der Waals surface area contributed by atoms with Crippen LogP contribution in [-0.2, 0) is 6.18 Å². The van der Waals surface area contributed by atoms with E-state index in [1.807, 2.05) is 0 Å². The highest BCUT2D eigenvalue weighted by Crippen LogP contribution is 2.36. The minimum atomic E-state index is -4.77. The second-order valence-electron chi connectivity index (χ2n) is 6.44. The van der Waals surface area contributed by atoms with E-state index in [1.54, 1.807) is 18.2 Å². The van der Waals surface area contributed by atoms with Crippen LogP contribution < -0.4 is 10.5 Å². The van der Waals surface area contributed by atoms with Crippen LogP contribution in [0.25, 0.3) is 28.1 Å². The number of rotatable bonds is 3. The number of benzene rings is 1. The minimum absolute atomic E-state index is 0.00718. The maximum absolute atomic E-state index is 13.5. The van der Waals surface area contributed by atoms with E-state index in [-0.39, 0.29) is 33.8 Å². The highest BCUT2D eigenvalue weighted by molar-refractivity contribution is 6.04. The number of hydrogen-bond donors (Lipinski definition) is 2. The number of carbonyl (C=O) groups is 1. The number of para-hydroxylation sites is 1. The molecule has 3 aromatic heterocycles. The van der Waals surface area contributed by atoms with Gasteiger partial charge in [0.15, 0.2) is 5.82 Å². The summed E-state index contributed by atoms with van der Waals surface area (Å²) in [6, 6.07) is 9.74. The molecule has 0 unspecified atom stereocenters. The lowest BCUT2D eigenvalue weighted by Crippen LogP contribution is -2.30. The first kappa shape index (κ1) is 20.1. The number of pyridine rings is 2. The topological polar surface area (TPSA) is 117 Å². The molecule has 0 aliphatic rings. The van der Waals surface area contributed by atoms with Gasteiger partial charge >= 0.3 is 12.3 Å². The number of carboxylic acid groups (broad SMARTS) is 1. The lowest BCUT2D eigenvalue weighted by molar-refractivity contribution is -0.141. The fourth-order valence-corrected chi connectivity index (χ4v) is 3.21. The Morgan fingerprint density at radius 2 is 1.87 bits per heavy atom. The number of aromatic nitrogens is 5. The lowest BCUT2D eigenvalue weighted by Gasteiger charge is -2.21. The zero-order valence-electron chi connectivity index (χ0n) is 15.8. The quantitative estimate of drug-likeness (QED) is 0.515. The molecule has 9 nitrogen and oxygen atoms in total. The number of alkyl halides is 3. The summed E-state index contributed by atoms with van der Waals surface area (Å²) in [6.07, 6.45) is -5.07. The summed E-state index contributed by atoms with van der Waals surface area (Å²) >= 11 is 0. The zero-order valence-corrected chi connectivity index (χ0v) is 15.8. The van der Waals surface area contributed by atoms with Gasteiger partial charge in [0.25, 0.3) is 5.56 Å². The van der Waals surface area contributed by atoms with E-state index in [0.717, 1.165) is 27.9 Å². The summed E-state index contributed by atoms with van der Waals surface area (Å²) in [5.74, 6) is -0.0421. The number of aromatic amines is 1. The number of hydrogen-bond acceptors (Lipinski definition) is 5. The molecular formula is C19H13F3N6O3. The standard InChI is InChI=1S/C19H13F3N6O3/c1-27(18(30)31)14-11-7-8-12(19(20,21)22)25-16(11)28(10-5-3-2-4-6-10)17(29)13(14)15-23-9-24-26-15/h2-9H,1H3,(H,30,31)(H,23,24,26). The third-order valence-corrected chi connectivity index (χ3v) is 4.57. The Bertz CT molecular complexity index is 1330. The van der Waals surface area contributed by atoms with Crippen molar-refractivity contribution in [2.45, 2.75) is 6.18 Å². The molecule has 0 bridgehead atoms. The zero-order chi connectivity index (χ0) is 22.3. The molecule has 4 rings (SSSR count). The third-order valence-electron chi connectivity index (χ3n) is 4.57. The number of anilines is 1. The first-order chi connectivity index (χ1) is 14.7. The van der Waals surface area contributed by atoms with E-state index in [0.29, 0.717) is 0 Å². The predicted octanol–water partition coefficient (Wildman–Crippen LogP) is 3.30. The van der Waals surface area contributed by atoms with Crippen LogP contribution in [-0.4, -0.2) is 43.0 Å². The normalized spacial score (nSPS) is 11.6. The van der Waals surface area contributed by atoms with Crippen LogP contribution in [0.4, 0.5) is 23.7 Å². The van der Waals surface area contributed by atoms with Crippen molar-refractivity contribution in [1.82, 2.24) is 24.7 Å². The highest BCUT2D eigenvalue weighted by atomic mass is 19.4. The molecule has 1 aromatic carbocycles. The average Bonchev–Trinajstić information content (AvgIpc) is 3.26. The maximum Gasteiger partial charge on any atom is 0.433 e. The van der Waals surface area contributed by atoms with Crippen LogP contribution in [0.3, 0.4) is 0 Å². The molecule has 0 fully saturated rings. The van der Waals surface area contributed by atoms with Gasteiger partial charge in [-0.05, 0) is 24.3 Å². The molecule has 3 heterocycles. The monoisotopic (exact) mass is 430 g/mol. The Hall–Kier alpha value is -4.22. The second-order valence-corrected chi connectivity index (χ2v) is 6.44. The van der Waals surface area contributed by atoms with Crippen molar-refractivity contribution in [2.24, 2.45) is 0 Å². The Labute approximate surface area is 171 Å². The van der Waals surface area contributed by atoms with E-state index in [4.69, 9.17) is 0 Å². The number of fused-ring (bicyclic) bond motifs is 1. The molecule has 2 N–H and O–H groups in total. The van der Waals surface area contributed by atoms with Gasteiger partial charge in [-0.3, -0.25) is 19.4 Å². The first-order valence-corrected chi connectivity index (χ1v) is 8.75. The van der Waals surface area contributed by atoms with Gasteiger partial charge in [-0.15, -0.1) is 0 Å². The summed E-state index contributed by atoms with van der Waals surface area (Å²) in [5.41, 5.74) is -2.49. The van der Waals surface area contributed by atoms with Crippen molar-refractivity contribution in [3.05, 3.63) is 64.8 Å². The van der Waals surface area contributed by atoms with Crippen molar-refractivity contribution < 1.29 is 23.1 Å². The molecule has 12 heteroatoms. The minimum Gasteiger partial charge on any atom is -0.465 e. The first-order valence-electron chi connectivity index (χ1n) is 8.75. The Balaban J connectivity index is 2.24. The second kappa shape index (κ2) is 7.23. The van der Waals surface area contributed by atoms with E-state index in [2.05, 4.69) is 20.2 Å². The Kier molecular flexibility index (Phi) is 4.68. The van der Waals surface area contributed by atoms with Crippen molar-refractivity contribution in [3.63, 3.8) is 0 Å². The van der Waals surface area contributed by atoms with E-state index in [1.165, 1.54) is 19.2 Å². The SMILES string of the molecule is CN(C(=O)O)c1c(-c2ncn[nH]2)c(=O)n(-c2ccccc2)c2nc(C(F)(F)F)ccc12. The number of amides is 1. The summed E-state index contributed by atoms with van der Waals surface area (Å²) in [7, 11) is 1.17. The van der Waals surface area contributed by atoms with Gasteiger partial charge in [-0.25, -0.2) is 14.8 Å². The molecule has 0 saturated carbocycles. The summed E-state index contributed by atoms with van der Waals surface area (Å²) in [6.45, 7) is 0. The summed E-state index contributed by atoms with van der Waals surface area (Å²) in [5, 5.41) is 15.8. The molecule has 0 radical (unpaired) electrons. The van der Waals surface area contributed by atoms with Crippen molar-refractivity contribution in [1.29, 1.82) is 0 Å². The van der Waals surface area contributed by atoms with Gasteiger partial charge in [0, 0.05) is 12.4 Å². The van der Waals surface area contributed by atoms with E-state index >= 15 is 0 Å².